The van der Waals surface area contributed by atoms with Gasteiger partial charge < -0.3 is 10.1 Å². The van der Waals surface area contributed by atoms with Crippen LogP contribution in [-0.4, -0.2) is 28.6 Å². The molecule has 0 aliphatic heterocycles. The van der Waals surface area contributed by atoms with E-state index in [-0.39, 0.29) is 24.2 Å². The molecule has 5 nitrogen and oxygen atoms in total. The summed E-state index contributed by atoms with van der Waals surface area (Å²) in [6.07, 6.45) is 8.00. The fourth-order valence-electron chi connectivity index (χ4n) is 3.65. The third-order valence-electron chi connectivity index (χ3n) is 5.30. The highest BCUT2D eigenvalue weighted by molar-refractivity contribution is 7.13. The van der Waals surface area contributed by atoms with Crippen LogP contribution in [0.3, 0.4) is 0 Å². The maximum absolute atomic E-state index is 12.5. The second-order valence-electron chi connectivity index (χ2n) is 7.06. The van der Waals surface area contributed by atoms with E-state index in [9.17, 15) is 9.59 Å². The number of aromatic nitrogens is 2. The Hall–Kier alpha value is -2.60. The number of aldehydes is 1. The van der Waals surface area contributed by atoms with Crippen LogP contribution in [0.5, 0.6) is 0 Å². The number of hydrogen-bond acceptors (Lipinski definition) is 6. The highest BCUT2D eigenvalue weighted by Gasteiger charge is 2.25. The molecule has 0 bridgehead atoms. The largest absolute Gasteiger partial charge is 0.363 e. The van der Waals surface area contributed by atoms with Crippen LogP contribution < -0.4 is 5.32 Å². The summed E-state index contributed by atoms with van der Waals surface area (Å²) in [6.45, 7) is 0.281. The Bertz CT molecular complexity index is 947. The Labute approximate surface area is 161 Å². The number of hydrogen-bond donors (Lipinski definition) is 1. The van der Waals surface area contributed by atoms with Gasteiger partial charge in [-0.1, -0.05) is 12.1 Å². The maximum atomic E-state index is 12.5. The Balaban J connectivity index is 1.43. The van der Waals surface area contributed by atoms with Crippen LogP contribution in [0.25, 0.3) is 21.2 Å². The minimum atomic E-state index is 0.0621. The molecule has 1 fully saturated rings. The SMILES string of the molecule is O=CC1CCC(C(=O)CNc2cc3cc(-c4cncs4)ccc3cn2)CC1. The van der Waals surface area contributed by atoms with Crippen molar-refractivity contribution >= 4 is 40.0 Å². The van der Waals surface area contributed by atoms with E-state index in [1.165, 1.54) is 0 Å². The maximum Gasteiger partial charge on any atom is 0.154 e. The number of benzene rings is 1. The quantitative estimate of drug-likeness (QED) is 0.645. The molecule has 1 saturated carbocycles. The Morgan fingerprint density at radius 3 is 2.74 bits per heavy atom. The van der Waals surface area contributed by atoms with Crippen molar-refractivity contribution in [2.24, 2.45) is 11.8 Å². The molecule has 0 radical (unpaired) electrons. The molecule has 0 unspecified atom stereocenters. The minimum Gasteiger partial charge on any atom is -0.363 e. The van der Waals surface area contributed by atoms with Gasteiger partial charge in [-0.15, -0.1) is 11.3 Å². The number of anilines is 1. The summed E-state index contributed by atoms with van der Waals surface area (Å²) in [4.78, 5) is 33.0. The van der Waals surface area contributed by atoms with Gasteiger partial charge in [0, 0.05) is 29.6 Å². The van der Waals surface area contributed by atoms with Crippen LogP contribution in [0.4, 0.5) is 5.82 Å². The average molecular weight is 379 g/mol. The van der Waals surface area contributed by atoms with Gasteiger partial charge in [-0.05, 0) is 48.8 Å². The Morgan fingerprint density at radius 1 is 1.15 bits per heavy atom. The summed E-state index contributed by atoms with van der Waals surface area (Å²) in [7, 11) is 0. The van der Waals surface area contributed by atoms with Crippen molar-refractivity contribution in [2.45, 2.75) is 25.7 Å². The summed E-state index contributed by atoms with van der Waals surface area (Å²) >= 11 is 1.61. The number of carbonyl (C=O) groups is 2. The lowest BCUT2D eigenvalue weighted by atomic mass is 9.80. The van der Waals surface area contributed by atoms with Gasteiger partial charge in [0.05, 0.1) is 16.9 Å². The standard InChI is InChI=1S/C21H21N3O2S/c25-12-14-1-3-15(4-2-14)19(26)10-24-21-8-18-7-16(20-11-22-13-27-20)5-6-17(18)9-23-21/h5-9,11-15H,1-4,10H2,(H,23,24). The predicted octanol–water partition coefficient (Wildman–Crippen LogP) is 4.34. The van der Waals surface area contributed by atoms with E-state index in [0.29, 0.717) is 5.82 Å². The molecule has 1 aromatic carbocycles. The highest BCUT2D eigenvalue weighted by Crippen LogP contribution is 2.29. The second-order valence-corrected chi connectivity index (χ2v) is 7.95. The van der Waals surface area contributed by atoms with Crippen molar-refractivity contribution in [3.63, 3.8) is 0 Å². The number of ketones is 1. The molecule has 1 aliphatic carbocycles. The van der Waals surface area contributed by atoms with Gasteiger partial charge in [0.15, 0.2) is 5.78 Å². The molecule has 0 saturated heterocycles. The third kappa shape index (κ3) is 4.06. The zero-order valence-corrected chi connectivity index (χ0v) is 15.7. The molecule has 1 N–H and O–H groups in total. The normalized spacial score (nSPS) is 19.7. The van der Waals surface area contributed by atoms with E-state index in [1.807, 2.05) is 24.0 Å². The summed E-state index contributed by atoms with van der Waals surface area (Å²) in [6, 6.07) is 8.23. The summed E-state index contributed by atoms with van der Waals surface area (Å²) in [5.74, 6) is 1.11. The van der Waals surface area contributed by atoms with Gasteiger partial charge in [0.1, 0.15) is 12.1 Å². The van der Waals surface area contributed by atoms with Crippen molar-refractivity contribution < 1.29 is 9.59 Å². The minimum absolute atomic E-state index is 0.0621. The van der Waals surface area contributed by atoms with E-state index in [0.717, 1.165) is 53.2 Å². The molecule has 6 heteroatoms. The molecule has 2 heterocycles. The smallest absolute Gasteiger partial charge is 0.154 e. The zero-order chi connectivity index (χ0) is 18.6. The first-order valence-electron chi connectivity index (χ1n) is 9.23. The number of rotatable bonds is 6. The Morgan fingerprint density at radius 2 is 2.00 bits per heavy atom. The molecule has 3 aromatic rings. The first-order chi connectivity index (χ1) is 13.2. The average Bonchev–Trinajstić information content (AvgIpc) is 3.26. The number of thiazole rings is 1. The molecule has 4 rings (SSSR count). The van der Waals surface area contributed by atoms with Crippen molar-refractivity contribution in [3.05, 3.63) is 42.2 Å². The van der Waals surface area contributed by atoms with E-state index in [4.69, 9.17) is 0 Å². The first-order valence-corrected chi connectivity index (χ1v) is 10.1. The molecular formula is C21H21N3O2S. The number of pyridine rings is 1. The lowest BCUT2D eigenvalue weighted by Gasteiger charge is -2.24. The van der Waals surface area contributed by atoms with E-state index >= 15 is 0 Å². The molecule has 0 amide bonds. The van der Waals surface area contributed by atoms with Gasteiger partial charge in [-0.2, -0.15) is 0 Å². The van der Waals surface area contributed by atoms with Gasteiger partial charge in [0.25, 0.3) is 0 Å². The number of carbonyl (C=O) groups excluding carboxylic acids is 2. The molecule has 1 aliphatic rings. The van der Waals surface area contributed by atoms with Crippen LogP contribution in [0.15, 0.2) is 42.2 Å². The van der Waals surface area contributed by atoms with Crippen LogP contribution in [-0.2, 0) is 9.59 Å². The summed E-state index contributed by atoms with van der Waals surface area (Å²) in [5.41, 5.74) is 2.96. The first kappa shape index (κ1) is 17.8. The number of fused-ring (bicyclic) bond motifs is 1. The van der Waals surface area contributed by atoms with Crippen LogP contribution in [0.1, 0.15) is 25.7 Å². The van der Waals surface area contributed by atoms with Crippen LogP contribution >= 0.6 is 11.3 Å². The monoisotopic (exact) mass is 379 g/mol. The molecule has 2 aromatic heterocycles. The fraction of sp³-hybridized carbons (Fsp3) is 0.333. The molecule has 0 spiro atoms. The number of nitrogens with zero attached hydrogens (tertiary/aromatic N) is 2. The zero-order valence-electron chi connectivity index (χ0n) is 14.9. The summed E-state index contributed by atoms with van der Waals surface area (Å²) in [5, 5.41) is 5.32. The fourth-order valence-corrected chi connectivity index (χ4v) is 4.27. The van der Waals surface area contributed by atoms with Gasteiger partial charge >= 0.3 is 0 Å². The second kappa shape index (κ2) is 7.96. The van der Waals surface area contributed by atoms with Crippen molar-refractivity contribution in [1.82, 2.24) is 9.97 Å². The van der Waals surface area contributed by atoms with Crippen molar-refractivity contribution in [2.75, 3.05) is 11.9 Å². The van der Waals surface area contributed by atoms with E-state index in [2.05, 4.69) is 33.5 Å². The van der Waals surface area contributed by atoms with Crippen LogP contribution in [0, 0.1) is 11.8 Å². The van der Waals surface area contributed by atoms with Crippen molar-refractivity contribution in [3.8, 4) is 10.4 Å². The van der Waals surface area contributed by atoms with Crippen LogP contribution in [0.2, 0.25) is 0 Å². The van der Waals surface area contributed by atoms with Gasteiger partial charge in [-0.3, -0.25) is 9.78 Å². The lowest BCUT2D eigenvalue weighted by molar-refractivity contribution is -0.123. The van der Waals surface area contributed by atoms with E-state index in [1.54, 1.807) is 11.3 Å². The molecule has 138 valence electrons. The topological polar surface area (TPSA) is 72.0 Å². The van der Waals surface area contributed by atoms with Gasteiger partial charge in [0.2, 0.25) is 0 Å². The molecule has 27 heavy (non-hydrogen) atoms. The molecule has 0 atom stereocenters. The van der Waals surface area contributed by atoms with Crippen molar-refractivity contribution in [1.29, 1.82) is 0 Å². The Kier molecular flexibility index (Phi) is 5.25. The number of nitrogens with one attached hydrogen (secondary N) is 1. The summed E-state index contributed by atoms with van der Waals surface area (Å²) < 4.78 is 0. The molecular weight excluding hydrogens is 358 g/mol. The lowest BCUT2D eigenvalue weighted by Crippen LogP contribution is -2.27. The highest BCUT2D eigenvalue weighted by atomic mass is 32.1. The predicted molar refractivity (Wildman–Crippen MR) is 108 cm³/mol. The van der Waals surface area contributed by atoms with Gasteiger partial charge in [-0.25, -0.2) is 4.98 Å². The third-order valence-corrected chi connectivity index (χ3v) is 6.12. The van der Waals surface area contributed by atoms with E-state index < -0.39 is 0 Å². The number of Topliss-reactive ketones (excluding diaryl/α,β-unsaturated/α-hetero) is 1.